The lowest BCUT2D eigenvalue weighted by molar-refractivity contribution is 0.419. The van der Waals surface area contributed by atoms with Crippen LogP contribution in [0.5, 0.6) is 0 Å². The molecule has 0 nitrogen and oxygen atoms in total. The Morgan fingerprint density at radius 3 is 2.40 bits per heavy atom. The maximum atomic E-state index is 3.53. The molecule has 15 heavy (non-hydrogen) atoms. The van der Waals surface area contributed by atoms with Gasteiger partial charge >= 0.3 is 0 Å². The zero-order valence-electron chi connectivity index (χ0n) is 9.38. The predicted molar refractivity (Wildman–Crippen MR) is 69.7 cm³/mol. The number of halogens is 1. The Labute approximate surface area is 101 Å². The zero-order valence-corrected chi connectivity index (χ0v) is 11.0. The third-order valence-electron chi connectivity index (χ3n) is 3.40. The molecule has 82 valence electrons. The Kier molecular flexibility index (Phi) is 3.85. The summed E-state index contributed by atoms with van der Waals surface area (Å²) >= 11 is 3.53. The van der Waals surface area contributed by atoms with Crippen molar-refractivity contribution in [3.63, 3.8) is 0 Å². The van der Waals surface area contributed by atoms with Crippen LogP contribution in [0.2, 0.25) is 0 Å². The monoisotopic (exact) mass is 266 g/mol. The Morgan fingerprint density at radius 1 is 1.27 bits per heavy atom. The average molecular weight is 267 g/mol. The van der Waals surface area contributed by atoms with Gasteiger partial charge in [-0.25, -0.2) is 0 Å². The minimum Gasteiger partial charge on any atom is -0.0925 e. The quantitative estimate of drug-likeness (QED) is 0.703. The summed E-state index contributed by atoms with van der Waals surface area (Å²) in [7, 11) is 0. The van der Waals surface area contributed by atoms with E-state index in [2.05, 4.69) is 47.1 Å². The van der Waals surface area contributed by atoms with Crippen molar-refractivity contribution >= 4 is 15.9 Å². The number of hydrogen-bond acceptors (Lipinski definition) is 0. The summed E-state index contributed by atoms with van der Waals surface area (Å²) in [5, 5.41) is 1.09. The first kappa shape index (κ1) is 11.2. The highest BCUT2D eigenvalue weighted by molar-refractivity contribution is 9.09. The summed E-state index contributed by atoms with van der Waals surface area (Å²) in [4.78, 5) is 0. The molecule has 1 heteroatoms. The van der Waals surface area contributed by atoms with Gasteiger partial charge in [-0.15, -0.1) is 0 Å². The molecule has 0 N–H and O–H groups in total. The first-order chi connectivity index (χ1) is 7.29. The van der Waals surface area contributed by atoms with Crippen molar-refractivity contribution in [3.8, 4) is 0 Å². The van der Waals surface area contributed by atoms with Crippen LogP contribution in [0.25, 0.3) is 0 Å². The number of hydrogen-bond donors (Lipinski definition) is 0. The van der Waals surface area contributed by atoms with Crippen LogP contribution in [0.3, 0.4) is 0 Å². The smallest absolute Gasteiger partial charge is 0.00602 e. The second kappa shape index (κ2) is 5.16. The van der Waals surface area contributed by atoms with Gasteiger partial charge in [0.05, 0.1) is 0 Å². The molecule has 0 radical (unpaired) electrons. The van der Waals surface area contributed by atoms with Crippen molar-refractivity contribution in [2.24, 2.45) is 5.92 Å². The van der Waals surface area contributed by atoms with Crippen molar-refractivity contribution in [2.45, 2.75) is 38.5 Å². The molecule has 0 spiro atoms. The van der Waals surface area contributed by atoms with Crippen molar-refractivity contribution in [1.29, 1.82) is 0 Å². The Balaban J connectivity index is 1.97. The van der Waals surface area contributed by atoms with Crippen LogP contribution < -0.4 is 0 Å². The summed E-state index contributed by atoms with van der Waals surface area (Å²) < 4.78 is 0. The van der Waals surface area contributed by atoms with E-state index in [1.165, 1.54) is 31.2 Å². The van der Waals surface area contributed by atoms with Crippen LogP contribution in [0, 0.1) is 5.92 Å². The SMILES string of the molecule is CC(CBr)Cc1ccc(C2CCC2)cc1. The van der Waals surface area contributed by atoms with E-state index in [1.807, 2.05) is 0 Å². The second-order valence-corrected chi connectivity index (χ2v) is 5.48. The first-order valence-electron chi connectivity index (χ1n) is 5.94. The Bertz CT molecular complexity index is 298. The molecule has 1 atom stereocenters. The Morgan fingerprint density at radius 2 is 1.93 bits per heavy atom. The lowest BCUT2D eigenvalue weighted by atomic mass is 9.80. The number of alkyl halides is 1. The zero-order chi connectivity index (χ0) is 10.7. The van der Waals surface area contributed by atoms with Gasteiger partial charge < -0.3 is 0 Å². The van der Waals surface area contributed by atoms with Gasteiger partial charge in [-0.3, -0.25) is 0 Å². The molecule has 0 heterocycles. The molecule has 1 aliphatic carbocycles. The van der Waals surface area contributed by atoms with Gasteiger partial charge in [-0.2, -0.15) is 0 Å². The maximum absolute atomic E-state index is 3.53. The lowest BCUT2D eigenvalue weighted by Gasteiger charge is -2.25. The van der Waals surface area contributed by atoms with E-state index in [-0.39, 0.29) is 0 Å². The van der Waals surface area contributed by atoms with Gasteiger partial charge in [-0.1, -0.05) is 53.5 Å². The lowest BCUT2D eigenvalue weighted by Crippen LogP contribution is -2.08. The molecule has 0 amide bonds. The molecule has 1 fully saturated rings. The third kappa shape index (κ3) is 2.84. The van der Waals surface area contributed by atoms with Crippen molar-refractivity contribution in [3.05, 3.63) is 35.4 Å². The van der Waals surface area contributed by atoms with E-state index in [1.54, 1.807) is 5.56 Å². The summed E-state index contributed by atoms with van der Waals surface area (Å²) in [6.45, 7) is 2.29. The number of benzene rings is 1. The highest BCUT2D eigenvalue weighted by atomic mass is 79.9. The normalized spacial score (nSPS) is 18.5. The predicted octanol–water partition coefficient (Wildman–Crippen LogP) is 4.53. The van der Waals surface area contributed by atoms with Crippen molar-refractivity contribution < 1.29 is 0 Å². The van der Waals surface area contributed by atoms with Crippen LogP contribution in [0.4, 0.5) is 0 Å². The maximum Gasteiger partial charge on any atom is 0.00602 e. The van der Waals surface area contributed by atoms with E-state index < -0.39 is 0 Å². The van der Waals surface area contributed by atoms with E-state index in [9.17, 15) is 0 Å². The Hall–Kier alpha value is -0.300. The van der Waals surface area contributed by atoms with Crippen LogP contribution >= 0.6 is 15.9 Å². The number of rotatable bonds is 4. The molecule has 0 aromatic heterocycles. The van der Waals surface area contributed by atoms with E-state index in [4.69, 9.17) is 0 Å². The second-order valence-electron chi connectivity index (χ2n) is 4.83. The van der Waals surface area contributed by atoms with Gasteiger partial charge in [0, 0.05) is 5.33 Å². The molecular weight excluding hydrogens is 248 g/mol. The fourth-order valence-electron chi connectivity index (χ4n) is 2.12. The minimum absolute atomic E-state index is 0.736. The van der Waals surface area contributed by atoms with Crippen LogP contribution in [0.1, 0.15) is 43.2 Å². The standard InChI is InChI=1S/C14H19Br/c1-11(10-15)9-12-5-7-14(8-6-12)13-3-2-4-13/h5-8,11,13H,2-4,9-10H2,1H3. The van der Waals surface area contributed by atoms with Gasteiger partial charge in [0.1, 0.15) is 0 Å². The molecule has 0 aliphatic heterocycles. The summed E-state index contributed by atoms with van der Waals surface area (Å²) in [5.41, 5.74) is 3.03. The highest BCUT2D eigenvalue weighted by Gasteiger charge is 2.18. The van der Waals surface area contributed by atoms with E-state index >= 15 is 0 Å². The summed E-state index contributed by atoms with van der Waals surface area (Å²) in [6, 6.07) is 9.29. The highest BCUT2D eigenvalue weighted by Crippen LogP contribution is 2.36. The molecule has 1 aliphatic rings. The van der Waals surface area contributed by atoms with Crippen LogP contribution in [0.15, 0.2) is 24.3 Å². The van der Waals surface area contributed by atoms with Gasteiger partial charge in [0.2, 0.25) is 0 Å². The minimum atomic E-state index is 0.736. The summed E-state index contributed by atoms with van der Waals surface area (Å²) in [6.07, 6.45) is 5.41. The fraction of sp³-hybridized carbons (Fsp3) is 0.571. The molecule has 1 saturated carbocycles. The van der Waals surface area contributed by atoms with E-state index in [0.717, 1.165) is 17.2 Å². The molecule has 0 bridgehead atoms. The molecule has 1 unspecified atom stereocenters. The molecular formula is C14H19Br. The van der Waals surface area contributed by atoms with Crippen molar-refractivity contribution in [1.82, 2.24) is 0 Å². The van der Waals surface area contributed by atoms with Crippen molar-refractivity contribution in [2.75, 3.05) is 5.33 Å². The largest absolute Gasteiger partial charge is 0.0925 e. The van der Waals surface area contributed by atoms with Gasteiger partial charge in [0.15, 0.2) is 0 Å². The fourth-order valence-corrected chi connectivity index (χ4v) is 2.35. The molecule has 1 aromatic rings. The third-order valence-corrected chi connectivity index (χ3v) is 4.51. The van der Waals surface area contributed by atoms with E-state index in [0.29, 0.717) is 0 Å². The molecule has 0 saturated heterocycles. The van der Waals surface area contributed by atoms with Gasteiger partial charge in [-0.05, 0) is 42.2 Å². The molecule has 2 rings (SSSR count). The topological polar surface area (TPSA) is 0 Å². The first-order valence-corrected chi connectivity index (χ1v) is 7.06. The summed E-state index contributed by atoms with van der Waals surface area (Å²) in [5.74, 6) is 1.60. The van der Waals surface area contributed by atoms with Crippen LogP contribution in [-0.4, -0.2) is 5.33 Å². The van der Waals surface area contributed by atoms with Gasteiger partial charge in [0.25, 0.3) is 0 Å². The van der Waals surface area contributed by atoms with Crippen LogP contribution in [-0.2, 0) is 6.42 Å². The average Bonchev–Trinajstić information content (AvgIpc) is 2.18. The molecule has 1 aromatic carbocycles.